The van der Waals surface area contributed by atoms with Crippen LogP contribution in [-0.4, -0.2) is 37.2 Å². The van der Waals surface area contributed by atoms with Crippen LogP contribution in [0.25, 0.3) is 0 Å². The van der Waals surface area contributed by atoms with Gasteiger partial charge in [-0.25, -0.2) is 0 Å². The Balaban J connectivity index is 4.19. The highest BCUT2D eigenvalue weighted by Crippen LogP contribution is 2.16. The van der Waals surface area contributed by atoms with Gasteiger partial charge in [-0.1, -0.05) is 249 Å². The highest BCUT2D eigenvalue weighted by atomic mass is 16.6. The van der Waals surface area contributed by atoms with Crippen molar-refractivity contribution in [1.82, 2.24) is 0 Å². The fourth-order valence-corrected chi connectivity index (χ4v) is 8.39. The van der Waals surface area contributed by atoms with Gasteiger partial charge in [0.05, 0.1) is 0 Å². The molecule has 0 bridgehead atoms. The van der Waals surface area contributed by atoms with Gasteiger partial charge in [0.1, 0.15) is 13.2 Å². The monoisotopic (exact) mass is 939 g/mol. The second-order valence-corrected chi connectivity index (χ2v) is 19.6. The smallest absolute Gasteiger partial charge is 0.306 e. The number of carbonyl (C=O) groups excluding carboxylic acids is 3. The van der Waals surface area contributed by atoms with E-state index < -0.39 is 6.10 Å². The topological polar surface area (TPSA) is 78.9 Å². The molecule has 0 rings (SSSR count). The maximum absolute atomic E-state index is 12.8. The zero-order valence-electron chi connectivity index (χ0n) is 44.7. The number of esters is 3. The van der Waals surface area contributed by atoms with Crippen molar-refractivity contribution >= 4 is 17.9 Å². The van der Waals surface area contributed by atoms with E-state index in [-0.39, 0.29) is 31.1 Å². The van der Waals surface area contributed by atoms with Crippen molar-refractivity contribution in [2.45, 2.75) is 309 Å². The van der Waals surface area contributed by atoms with Crippen molar-refractivity contribution in [3.05, 3.63) is 48.6 Å². The molecule has 0 N–H and O–H groups in total. The van der Waals surface area contributed by atoms with Crippen LogP contribution in [-0.2, 0) is 28.6 Å². The molecule has 0 aromatic rings. The normalized spacial score (nSPS) is 12.3. The molecule has 0 aliphatic heterocycles. The first-order valence-electron chi connectivity index (χ1n) is 29.1. The molecular formula is C61H110O6. The van der Waals surface area contributed by atoms with E-state index in [9.17, 15) is 14.4 Å². The summed E-state index contributed by atoms with van der Waals surface area (Å²) in [7, 11) is 0. The zero-order valence-corrected chi connectivity index (χ0v) is 44.7. The van der Waals surface area contributed by atoms with Crippen molar-refractivity contribution in [3.63, 3.8) is 0 Å². The first kappa shape index (κ1) is 64.4. The summed E-state index contributed by atoms with van der Waals surface area (Å²) in [5, 5.41) is 0. The van der Waals surface area contributed by atoms with E-state index in [1.165, 1.54) is 173 Å². The Morgan fingerprint density at radius 1 is 0.299 bits per heavy atom. The van der Waals surface area contributed by atoms with E-state index in [4.69, 9.17) is 14.2 Å². The predicted octanol–water partition coefficient (Wildman–Crippen LogP) is 19.4. The molecule has 0 amide bonds. The molecule has 0 heterocycles. The molecule has 0 saturated heterocycles. The molecular weight excluding hydrogens is 829 g/mol. The van der Waals surface area contributed by atoms with Gasteiger partial charge in [0.25, 0.3) is 0 Å². The Bertz CT molecular complexity index is 1170. The Hall–Kier alpha value is -2.63. The summed E-state index contributed by atoms with van der Waals surface area (Å²) in [6.07, 6.45) is 68.3. The minimum Gasteiger partial charge on any atom is -0.462 e. The predicted molar refractivity (Wildman–Crippen MR) is 289 cm³/mol. The first-order chi connectivity index (χ1) is 33.0. The lowest BCUT2D eigenvalue weighted by Gasteiger charge is -2.18. The second kappa shape index (κ2) is 56.0. The number of ether oxygens (including phenoxy) is 3. The third kappa shape index (κ3) is 54.2. The van der Waals surface area contributed by atoms with Crippen LogP contribution < -0.4 is 0 Å². The van der Waals surface area contributed by atoms with Gasteiger partial charge in [-0.3, -0.25) is 14.4 Å². The quantitative estimate of drug-likeness (QED) is 0.0262. The van der Waals surface area contributed by atoms with Crippen molar-refractivity contribution in [1.29, 1.82) is 0 Å². The van der Waals surface area contributed by atoms with Gasteiger partial charge in [0.2, 0.25) is 0 Å². The lowest BCUT2D eigenvalue weighted by atomic mass is 10.0. The van der Waals surface area contributed by atoms with Gasteiger partial charge in [-0.2, -0.15) is 0 Å². The zero-order chi connectivity index (χ0) is 48.6. The fraction of sp³-hybridized carbons (Fsp3) is 0.820. The lowest BCUT2D eigenvalue weighted by Crippen LogP contribution is -2.30. The van der Waals surface area contributed by atoms with E-state index >= 15 is 0 Å². The van der Waals surface area contributed by atoms with E-state index in [1.54, 1.807) is 0 Å². The van der Waals surface area contributed by atoms with Crippen LogP contribution in [0.1, 0.15) is 303 Å². The highest BCUT2D eigenvalue weighted by Gasteiger charge is 2.19. The van der Waals surface area contributed by atoms with Gasteiger partial charge in [-0.15, -0.1) is 0 Å². The maximum Gasteiger partial charge on any atom is 0.306 e. The van der Waals surface area contributed by atoms with Gasteiger partial charge in [0.15, 0.2) is 6.10 Å². The van der Waals surface area contributed by atoms with Gasteiger partial charge in [-0.05, 0) is 83.5 Å². The SMILES string of the molecule is CCCCC/C=C\C/C=C\CCCCCCCC(=O)OC(COC(=O)CCCCCCCCCCC)COC(=O)CCCCCCCCCCCCCCC/C=C\C/C=C\CCCCCCC. The summed E-state index contributed by atoms with van der Waals surface area (Å²) in [5.41, 5.74) is 0. The average Bonchev–Trinajstić information content (AvgIpc) is 3.33. The van der Waals surface area contributed by atoms with Crippen LogP contribution in [0, 0.1) is 0 Å². The van der Waals surface area contributed by atoms with Gasteiger partial charge in [0, 0.05) is 19.3 Å². The van der Waals surface area contributed by atoms with Gasteiger partial charge >= 0.3 is 17.9 Å². The molecule has 0 radical (unpaired) electrons. The molecule has 1 unspecified atom stereocenters. The summed E-state index contributed by atoms with van der Waals surface area (Å²) in [6.45, 7) is 6.60. The summed E-state index contributed by atoms with van der Waals surface area (Å²) >= 11 is 0. The summed E-state index contributed by atoms with van der Waals surface area (Å²) in [6, 6.07) is 0. The molecule has 0 aliphatic carbocycles. The fourth-order valence-electron chi connectivity index (χ4n) is 8.39. The molecule has 0 fully saturated rings. The number of rotatable bonds is 53. The van der Waals surface area contributed by atoms with Crippen LogP contribution in [0.4, 0.5) is 0 Å². The molecule has 67 heavy (non-hydrogen) atoms. The van der Waals surface area contributed by atoms with Crippen molar-refractivity contribution in [2.75, 3.05) is 13.2 Å². The van der Waals surface area contributed by atoms with E-state index in [1.807, 2.05) is 0 Å². The molecule has 6 heteroatoms. The highest BCUT2D eigenvalue weighted by molar-refractivity contribution is 5.71. The van der Waals surface area contributed by atoms with Crippen molar-refractivity contribution < 1.29 is 28.6 Å². The number of unbranched alkanes of at least 4 members (excludes halogenated alkanes) is 34. The summed E-state index contributed by atoms with van der Waals surface area (Å²) in [4.78, 5) is 38.0. The van der Waals surface area contributed by atoms with E-state index in [0.717, 1.165) is 89.9 Å². The molecule has 0 saturated carbocycles. The standard InChI is InChI=1S/C61H110O6/c1-4-7-10-13-16-19-21-23-25-26-27-28-29-30-31-32-33-34-36-37-39-42-45-48-51-54-60(63)66-57-58(56-65-59(62)53-50-47-44-41-18-15-12-9-6-3)67-61(64)55-52-49-46-43-40-38-35-24-22-20-17-14-11-8-5-2/h17,20-21,23-24,26-27,35,58H,4-16,18-19,22,25,28-34,36-57H2,1-3H3/b20-17-,23-21-,27-26-,35-24-. The number of allylic oxidation sites excluding steroid dienone is 8. The summed E-state index contributed by atoms with van der Waals surface area (Å²) in [5.74, 6) is -0.882. The largest absolute Gasteiger partial charge is 0.462 e. The minimum absolute atomic E-state index is 0.0763. The van der Waals surface area contributed by atoms with E-state index in [2.05, 4.69) is 69.4 Å². The Labute approximate surface area is 416 Å². The van der Waals surface area contributed by atoms with Crippen molar-refractivity contribution in [2.24, 2.45) is 0 Å². The average molecular weight is 940 g/mol. The molecule has 6 nitrogen and oxygen atoms in total. The first-order valence-corrected chi connectivity index (χ1v) is 29.1. The summed E-state index contributed by atoms with van der Waals surface area (Å²) < 4.78 is 16.8. The van der Waals surface area contributed by atoms with Crippen molar-refractivity contribution in [3.8, 4) is 0 Å². The van der Waals surface area contributed by atoms with Crippen LogP contribution in [0.2, 0.25) is 0 Å². The van der Waals surface area contributed by atoms with Crippen LogP contribution in [0.3, 0.4) is 0 Å². The van der Waals surface area contributed by atoms with Crippen LogP contribution >= 0.6 is 0 Å². The third-order valence-corrected chi connectivity index (χ3v) is 12.8. The minimum atomic E-state index is -0.777. The molecule has 0 aromatic heterocycles. The molecule has 0 aliphatic rings. The second-order valence-electron chi connectivity index (χ2n) is 19.6. The van der Waals surface area contributed by atoms with Crippen LogP contribution in [0.5, 0.6) is 0 Å². The molecule has 0 spiro atoms. The molecule has 0 aromatic carbocycles. The Morgan fingerprint density at radius 3 is 0.851 bits per heavy atom. The lowest BCUT2D eigenvalue weighted by molar-refractivity contribution is -0.167. The van der Waals surface area contributed by atoms with E-state index in [0.29, 0.717) is 19.3 Å². The molecule has 1 atom stereocenters. The maximum atomic E-state index is 12.8. The molecule has 390 valence electrons. The van der Waals surface area contributed by atoms with Gasteiger partial charge < -0.3 is 14.2 Å². The Kier molecular flexibility index (Phi) is 53.8. The van der Waals surface area contributed by atoms with Crippen LogP contribution in [0.15, 0.2) is 48.6 Å². The number of hydrogen-bond donors (Lipinski definition) is 0. The number of carbonyl (C=O) groups is 3. The number of hydrogen-bond acceptors (Lipinski definition) is 6. The Morgan fingerprint density at radius 2 is 0.537 bits per heavy atom. The third-order valence-electron chi connectivity index (χ3n) is 12.8.